The van der Waals surface area contributed by atoms with Gasteiger partial charge in [0.1, 0.15) is 0 Å². The molecular weight excluding hydrogens is 414 g/mol. The highest BCUT2D eigenvalue weighted by molar-refractivity contribution is 8.04. The zero-order valence-electron chi connectivity index (χ0n) is 16.9. The van der Waals surface area contributed by atoms with Crippen molar-refractivity contribution in [1.29, 1.82) is 0 Å². The normalized spacial score (nSPS) is 14.1. The highest BCUT2D eigenvalue weighted by Gasteiger charge is 2.41. The predicted molar refractivity (Wildman–Crippen MR) is 124 cm³/mol. The summed E-state index contributed by atoms with van der Waals surface area (Å²) < 4.78 is 0. The second-order valence-electron chi connectivity index (χ2n) is 7.29. The lowest BCUT2D eigenvalue weighted by Crippen LogP contribution is -2.31. The standard InChI is InChI=1S/C25H20ClNO2S/c1-15-8-9-18(14-17(15)3)22-23(30-20-12-10-19(26)11-13-20)25(29)27(24(22)28)21-7-5-4-6-16(21)2/h4-14H,1-3H3. The van der Waals surface area contributed by atoms with Crippen LogP contribution in [0.15, 0.2) is 76.5 Å². The molecule has 0 atom stereocenters. The van der Waals surface area contributed by atoms with Gasteiger partial charge in [0.2, 0.25) is 0 Å². The van der Waals surface area contributed by atoms with E-state index in [-0.39, 0.29) is 11.8 Å². The number of thioether (sulfide) groups is 1. The van der Waals surface area contributed by atoms with Crippen LogP contribution in [0.1, 0.15) is 22.3 Å². The summed E-state index contributed by atoms with van der Waals surface area (Å²) in [6, 6.07) is 20.6. The van der Waals surface area contributed by atoms with Gasteiger partial charge in [-0.25, -0.2) is 4.90 Å². The summed E-state index contributed by atoms with van der Waals surface area (Å²) in [5.74, 6) is -0.600. The second-order valence-corrected chi connectivity index (χ2v) is 8.81. The van der Waals surface area contributed by atoms with Crippen LogP contribution in [0, 0.1) is 20.8 Å². The van der Waals surface area contributed by atoms with Gasteiger partial charge in [-0.05, 0) is 73.4 Å². The van der Waals surface area contributed by atoms with Gasteiger partial charge in [-0.1, -0.05) is 59.8 Å². The zero-order chi connectivity index (χ0) is 21.4. The van der Waals surface area contributed by atoms with E-state index in [1.807, 2.05) is 69.3 Å². The molecule has 1 aliphatic heterocycles. The fraction of sp³-hybridized carbons (Fsp3) is 0.120. The number of hydrogen-bond donors (Lipinski definition) is 0. The zero-order valence-corrected chi connectivity index (χ0v) is 18.5. The summed E-state index contributed by atoms with van der Waals surface area (Å²) in [7, 11) is 0. The molecule has 0 spiro atoms. The Labute approximate surface area is 185 Å². The average Bonchev–Trinajstić information content (AvgIpc) is 2.96. The van der Waals surface area contributed by atoms with Crippen molar-refractivity contribution in [3.05, 3.63) is 98.9 Å². The fourth-order valence-corrected chi connectivity index (χ4v) is 4.53. The minimum atomic E-state index is -0.303. The van der Waals surface area contributed by atoms with Crippen molar-refractivity contribution in [2.24, 2.45) is 0 Å². The van der Waals surface area contributed by atoms with Crippen molar-refractivity contribution in [2.75, 3.05) is 4.90 Å². The first kappa shape index (κ1) is 20.5. The molecule has 3 nitrogen and oxygen atoms in total. The monoisotopic (exact) mass is 433 g/mol. The quantitative estimate of drug-likeness (QED) is 0.450. The van der Waals surface area contributed by atoms with Crippen LogP contribution < -0.4 is 4.90 Å². The smallest absolute Gasteiger partial charge is 0.268 e. The molecule has 0 radical (unpaired) electrons. The van der Waals surface area contributed by atoms with Gasteiger partial charge in [-0.2, -0.15) is 0 Å². The van der Waals surface area contributed by atoms with E-state index in [0.717, 1.165) is 27.1 Å². The molecule has 0 saturated carbocycles. The molecule has 0 aromatic heterocycles. The Balaban J connectivity index is 1.86. The molecule has 5 heteroatoms. The van der Waals surface area contributed by atoms with Crippen molar-refractivity contribution >= 4 is 46.4 Å². The van der Waals surface area contributed by atoms with Crippen LogP contribution in [0.25, 0.3) is 5.57 Å². The van der Waals surface area contributed by atoms with Gasteiger partial charge in [0.25, 0.3) is 11.8 Å². The predicted octanol–water partition coefficient (Wildman–Crippen LogP) is 6.34. The second kappa shape index (κ2) is 8.13. The number of amides is 2. The summed E-state index contributed by atoms with van der Waals surface area (Å²) in [6.45, 7) is 5.93. The minimum absolute atomic E-state index is 0.297. The molecule has 0 bridgehead atoms. The topological polar surface area (TPSA) is 37.4 Å². The molecular formula is C25H20ClNO2S. The highest BCUT2D eigenvalue weighted by Crippen LogP contribution is 2.42. The molecule has 0 saturated heterocycles. The van der Waals surface area contributed by atoms with Crippen LogP contribution in [-0.2, 0) is 9.59 Å². The summed E-state index contributed by atoms with van der Waals surface area (Å²) in [4.78, 5) is 29.6. The maximum atomic E-state index is 13.5. The molecule has 3 aromatic rings. The summed E-state index contributed by atoms with van der Waals surface area (Å²) in [5.41, 5.74) is 4.89. The molecule has 0 aliphatic carbocycles. The van der Waals surface area contributed by atoms with Gasteiger partial charge in [-0.3, -0.25) is 9.59 Å². The first-order chi connectivity index (χ1) is 14.4. The van der Waals surface area contributed by atoms with Gasteiger partial charge >= 0.3 is 0 Å². The number of anilines is 1. The lowest BCUT2D eigenvalue weighted by Gasteiger charge is -2.17. The number of benzene rings is 3. The molecule has 1 heterocycles. The van der Waals surface area contributed by atoms with Crippen LogP contribution in [0.2, 0.25) is 5.02 Å². The van der Waals surface area contributed by atoms with Crippen LogP contribution in [0.4, 0.5) is 5.69 Å². The molecule has 30 heavy (non-hydrogen) atoms. The third kappa shape index (κ3) is 3.69. The summed E-state index contributed by atoms with van der Waals surface area (Å²) >= 11 is 7.30. The number of carbonyl (C=O) groups excluding carboxylic acids is 2. The Morgan fingerprint density at radius 2 is 1.47 bits per heavy atom. The van der Waals surface area contributed by atoms with E-state index in [0.29, 0.717) is 21.2 Å². The number of hydrogen-bond acceptors (Lipinski definition) is 3. The number of para-hydroxylation sites is 1. The van der Waals surface area contributed by atoms with Crippen molar-refractivity contribution in [2.45, 2.75) is 25.7 Å². The Morgan fingerprint density at radius 3 is 2.13 bits per heavy atom. The molecule has 0 fully saturated rings. The average molecular weight is 434 g/mol. The van der Waals surface area contributed by atoms with Crippen molar-refractivity contribution in [1.82, 2.24) is 0 Å². The Morgan fingerprint density at radius 1 is 0.767 bits per heavy atom. The largest absolute Gasteiger partial charge is 0.272 e. The Hall–Kier alpha value is -2.82. The first-order valence-electron chi connectivity index (χ1n) is 9.56. The van der Waals surface area contributed by atoms with Crippen molar-refractivity contribution in [3.63, 3.8) is 0 Å². The number of imide groups is 1. The van der Waals surface area contributed by atoms with E-state index in [2.05, 4.69) is 0 Å². The van der Waals surface area contributed by atoms with Crippen LogP contribution >= 0.6 is 23.4 Å². The number of carbonyl (C=O) groups is 2. The molecule has 0 unspecified atom stereocenters. The third-order valence-electron chi connectivity index (χ3n) is 5.23. The Bertz CT molecular complexity index is 1200. The van der Waals surface area contributed by atoms with E-state index in [9.17, 15) is 9.59 Å². The van der Waals surface area contributed by atoms with E-state index >= 15 is 0 Å². The molecule has 4 rings (SSSR count). The van der Waals surface area contributed by atoms with Crippen molar-refractivity contribution < 1.29 is 9.59 Å². The van der Waals surface area contributed by atoms with Gasteiger partial charge in [-0.15, -0.1) is 0 Å². The fourth-order valence-electron chi connectivity index (χ4n) is 3.41. The van der Waals surface area contributed by atoms with Gasteiger partial charge in [0.15, 0.2) is 0 Å². The summed E-state index contributed by atoms with van der Waals surface area (Å²) in [5, 5.41) is 0.623. The van der Waals surface area contributed by atoms with E-state index in [1.54, 1.807) is 18.2 Å². The number of aryl methyl sites for hydroxylation is 3. The number of rotatable bonds is 4. The SMILES string of the molecule is Cc1ccc(C2=C(Sc3ccc(Cl)cc3)C(=O)N(c3ccccc3C)C2=O)cc1C. The van der Waals surface area contributed by atoms with Gasteiger partial charge < -0.3 is 0 Å². The van der Waals surface area contributed by atoms with Crippen molar-refractivity contribution in [3.8, 4) is 0 Å². The van der Waals surface area contributed by atoms with Crippen LogP contribution in [0.3, 0.4) is 0 Å². The first-order valence-corrected chi connectivity index (χ1v) is 10.8. The Kier molecular flexibility index (Phi) is 5.54. The highest BCUT2D eigenvalue weighted by atomic mass is 35.5. The molecule has 3 aromatic carbocycles. The number of nitrogens with zero attached hydrogens (tertiary/aromatic N) is 1. The van der Waals surface area contributed by atoms with Gasteiger partial charge in [0, 0.05) is 9.92 Å². The van der Waals surface area contributed by atoms with E-state index < -0.39 is 0 Å². The minimum Gasteiger partial charge on any atom is -0.268 e. The third-order valence-corrected chi connectivity index (χ3v) is 6.57. The summed E-state index contributed by atoms with van der Waals surface area (Å²) in [6.07, 6.45) is 0. The lowest BCUT2D eigenvalue weighted by atomic mass is 10.0. The lowest BCUT2D eigenvalue weighted by molar-refractivity contribution is -0.119. The molecule has 150 valence electrons. The van der Waals surface area contributed by atoms with E-state index in [4.69, 9.17) is 11.6 Å². The maximum Gasteiger partial charge on any atom is 0.272 e. The van der Waals surface area contributed by atoms with Crippen LogP contribution in [-0.4, -0.2) is 11.8 Å². The van der Waals surface area contributed by atoms with Gasteiger partial charge in [0.05, 0.1) is 16.2 Å². The molecule has 1 aliphatic rings. The maximum absolute atomic E-state index is 13.5. The number of halogens is 1. The van der Waals surface area contributed by atoms with Crippen LogP contribution in [0.5, 0.6) is 0 Å². The van der Waals surface area contributed by atoms with E-state index in [1.165, 1.54) is 16.7 Å². The molecule has 0 N–H and O–H groups in total. The molecule has 2 amide bonds.